The maximum Gasteiger partial charge on any atom is 0.119 e. The minimum absolute atomic E-state index is 0.575. The third kappa shape index (κ3) is 3.33. The molecule has 0 amide bonds. The van der Waals surface area contributed by atoms with Gasteiger partial charge < -0.3 is 10.5 Å². The van der Waals surface area contributed by atoms with Crippen molar-refractivity contribution in [2.24, 2.45) is 5.73 Å². The first kappa shape index (κ1) is 14.9. The maximum absolute atomic E-state index is 6.48. The second-order valence-corrected chi connectivity index (χ2v) is 5.52. The van der Waals surface area contributed by atoms with Crippen molar-refractivity contribution in [3.05, 3.63) is 64.7 Å². The van der Waals surface area contributed by atoms with Gasteiger partial charge in [-0.05, 0) is 48.7 Å². The summed E-state index contributed by atoms with van der Waals surface area (Å²) >= 11 is 6.05. The van der Waals surface area contributed by atoms with E-state index in [-0.39, 0.29) is 0 Å². The molecule has 3 heteroatoms. The van der Waals surface area contributed by atoms with Crippen molar-refractivity contribution >= 4 is 11.6 Å². The quantitative estimate of drug-likeness (QED) is 0.888. The lowest BCUT2D eigenvalue weighted by Crippen LogP contribution is -2.34. The van der Waals surface area contributed by atoms with Gasteiger partial charge in [-0.2, -0.15) is 0 Å². The second-order valence-electron chi connectivity index (χ2n) is 5.09. The minimum Gasteiger partial charge on any atom is -0.494 e. The fourth-order valence-electron chi connectivity index (χ4n) is 2.10. The lowest BCUT2D eigenvalue weighted by molar-refractivity contribution is 0.317. The topological polar surface area (TPSA) is 35.2 Å². The molecule has 2 nitrogen and oxygen atoms in total. The normalized spacial score (nSPS) is 13.8. The summed E-state index contributed by atoms with van der Waals surface area (Å²) in [5.74, 6) is 0.873. The van der Waals surface area contributed by atoms with E-state index in [0.717, 1.165) is 29.9 Å². The van der Waals surface area contributed by atoms with Gasteiger partial charge in [0.25, 0.3) is 0 Å². The van der Waals surface area contributed by atoms with E-state index in [1.54, 1.807) is 0 Å². The van der Waals surface area contributed by atoms with Crippen molar-refractivity contribution in [2.75, 3.05) is 6.61 Å². The van der Waals surface area contributed by atoms with Crippen molar-refractivity contribution in [1.29, 1.82) is 0 Å². The smallest absolute Gasteiger partial charge is 0.119 e. The van der Waals surface area contributed by atoms with Crippen LogP contribution in [-0.2, 0) is 5.54 Å². The van der Waals surface area contributed by atoms with E-state index in [9.17, 15) is 0 Å². The van der Waals surface area contributed by atoms with E-state index in [1.807, 2.05) is 55.5 Å². The van der Waals surface area contributed by atoms with Crippen LogP contribution in [0, 0.1) is 0 Å². The van der Waals surface area contributed by atoms with Gasteiger partial charge in [0.2, 0.25) is 0 Å². The zero-order valence-corrected chi connectivity index (χ0v) is 12.7. The van der Waals surface area contributed by atoms with Crippen molar-refractivity contribution in [1.82, 2.24) is 0 Å². The molecule has 106 valence electrons. The fraction of sp³-hybridized carbons (Fsp3) is 0.294. The molecule has 0 aliphatic heterocycles. The number of rotatable bonds is 5. The molecule has 0 saturated heterocycles. The van der Waals surface area contributed by atoms with Gasteiger partial charge >= 0.3 is 0 Å². The predicted octanol–water partition coefficient (Wildman–Crippen LogP) is 4.35. The maximum atomic E-state index is 6.48. The summed E-state index contributed by atoms with van der Waals surface area (Å²) in [7, 11) is 0. The number of halogens is 1. The molecular weight excluding hydrogens is 270 g/mol. The SMILES string of the molecule is CCCOc1ccc(C(C)(N)c2cccc(Cl)c2)cc1. The van der Waals surface area contributed by atoms with Gasteiger partial charge in [0.15, 0.2) is 0 Å². The van der Waals surface area contributed by atoms with Crippen molar-refractivity contribution in [2.45, 2.75) is 25.8 Å². The third-order valence-corrected chi connectivity index (χ3v) is 3.59. The molecule has 2 aromatic rings. The standard InChI is InChI=1S/C17H20ClNO/c1-3-11-20-16-9-7-13(8-10-16)17(2,19)14-5-4-6-15(18)12-14/h4-10,12H,3,11,19H2,1-2H3. The van der Waals surface area contributed by atoms with E-state index in [1.165, 1.54) is 0 Å². The number of ether oxygens (including phenoxy) is 1. The average Bonchev–Trinajstić information content (AvgIpc) is 2.45. The van der Waals surface area contributed by atoms with Crippen LogP contribution in [0.5, 0.6) is 5.75 Å². The van der Waals surface area contributed by atoms with E-state index >= 15 is 0 Å². The summed E-state index contributed by atoms with van der Waals surface area (Å²) in [6.07, 6.45) is 0.999. The van der Waals surface area contributed by atoms with Gasteiger partial charge in [-0.3, -0.25) is 0 Å². The first-order valence-corrected chi connectivity index (χ1v) is 7.20. The van der Waals surface area contributed by atoms with Crippen LogP contribution in [0.2, 0.25) is 5.02 Å². The molecule has 1 atom stereocenters. The first-order valence-electron chi connectivity index (χ1n) is 6.82. The molecule has 0 saturated carbocycles. The Balaban J connectivity index is 2.25. The number of nitrogens with two attached hydrogens (primary N) is 1. The summed E-state index contributed by atoms with van der Waals surface area (Å²) in [6.45, 7) is 4.80. The molecule has 0 fully saturated rings. The summed E-state index contributed by atoms with van der Waals surface area (Å²) < 4.78 is 5.59. The Bertz CT molecular complexity index is 563. The Morgan fingerprint density at radius 1 is 1.10 bits per heavy atom. The van der Waals surface area contributed by atoms with Gasteiger partial charge in [-0.1, -0.05) is 42.8 Å². The molecule has 1 unspecified atom stereocenters. The molecular formula is C17H20ClNO. The van der Waals surface area contributed by atoms with E-state index in [0.29, 0.717) is 5.02 Å². The average molecular weight is 290 g/mol. The Hall–Kier alpha value is -1.51. The molecule has 0 radical (unpaired) electrons. The lowest BCUT2D eigenvalue weighted by Gasteiger charge is -2.26. The molecule has 2 aromatic carbocycles. The number of benzene rings is 2. The molecule has 2 rings (SSSR count). The van der Waals surface area contributed by atoms with Crippen LogP contribution in [0.15, 0.2) is 48.5 Å². The van der Waals surface area contributed by atoms with E-state index in [2.05, 4.69) is 6.92 Å². The van der Waals surface area contributed by atoms with Gasteiger partial charge in [-0.15, -0.1) is 0 Å². The van der Waals surface area contributed by atoms with Gasteiger partial charge in [0, 0.05) is 5.02 Å². The Kier molecular flexibility index (Phi) is 4.69. The zero-order valence-electron chi connectivity index (χ0n) is 11.9. The minimum atomic E-state index is -0.575. The molecule has 0 aliphatic rings. The first-order chi connectivity index (χ1) is 9.54. The van der Waals surface area contributed by atoms with Gasteiger partial charge in [-0.25, -0.2) is 0 Å². The third-order valence-electron chi connectivity index (χ3n) is 3.35. The molecule has 0 aromatic heterocycles. The number of hydrogen-bond acceptors (Lipinski definition) is 2. The van der Waals surface area contributed by atoms with Crippen LogP contribution in [0.3, 0.4) is 0 Å². The highest BCUT2D eigenvalue weighted by Crippen LogP contribution is 2.29. The molecule has 0 aliphatic carbocycles. The van der Waals surface area contributed by atoms with E-state index in [4.69, 9.17) is 22.1 Å². The molecule has 0 heterocycles. The summed E-state index contributed by atoms with van der Waals surface area (Å²) in [5.41, 5.74) is 7.93. The van der Waals surface area contributed by atoms with Crippen molar-refractivity contribution < 1.29 is 4.74 Å². The van der Waals surface area contributed by atoms with Crippen molar-refractivity contribution in [3.63, 3.8) is 0 Å². The van der Waals surface area contributed by atoms with Crippen LogP contribution in [0.4, 0.5) is 0 Å². The summed E-state index contributed by atoms with van der Waals surface area (Å²) in [4.78, 5) is 0. The molecule has 2 N–H and O–H groups in total. The highest BCUT2D eigenvalue weighted by Gasteiger charge is 2.23. The molecule has 0 bridgehead atoms. The van der Waals surface area contributed by atoms with Crippen LogP contribution < -0.4 is 10.5 Å². The predicted molar refractivity (Wildman–Crippen MR) is 84.3 cm³/mol. The summed E-state index contributed by atoms with van der Waals surface area (Å²) in [5, 5.41) is 0.696. The lowest BCUT2D eigenvalue weighted by atomic mass is 9.86. The summed E-state index contributed by atoms with van der Waals surface area (Å²) in [6, 6.07) is 15.6. The van der Waals surface area contributed by atoms with Crippen molar-refractivity contribution in [3.8, 4) is 5.75 Å². The van der Waals surface area contributed by atoms with Crippen LogP contribution in [0.1, 0.15) is 31.4 Å². The van der Waals surface area contributed by atoms with Crippen LogP contribution in [0.25, 0.3) is 0 Å². The zero-order chi connectivity index (χ0) is 14.6. The highest BCUT2D eigenvalue weighted by molar-refractivity contribution is 6.30. The molecule has 20 heavy (non-hydrogen) atoms. The largest absolute Gasteiger partial charge is 0.494 e. The second kappa shape index (κ2) is 6.29. The van der Waals surface area contributed by atoms with Crippen LogP contribution >= 0.6 is 11.6 Å². The van der Waals surface area contributed by atoms with Gasteiger partial charge in [0.1, 0.15) is 5.75 Å². The van der Waals surface area contributed by atoms with Gasteiger partial charge in [0.05, 0.1) is 12.1 Å². The van der Waals surface area contributed by atoms with E-state index < -0.39 is 5.54 Å². The Morgan fingerprint density at radius 2 is 1.80 bits per heavy atom. The van der Waals surface area contributed by atoms with Crippen LogP contribution in [-0.4, -0.2) is 6.61 Å². The molecule has 0 spiro atoms. The Morgan fingerprint density at radius 3 is 2.40 bits per heavy atom. The highest BCUT2D eigenvalue weighted by atomic mass is 35.5. The fourth-order valence-corrected chi connectivity index (χ4v) is 2.29. The Labute approximate surface area is 125 Å². The monoisotopic (exact) mass is 289 g/mol. The number of hydrogen-bond donors (Lipinski definition) is 1.